The van der Waals surface area contributed by atoms with Gasteiger partial charge in [0.2, 0.25) is 5.91 Å². The van der Waals surface area contributed by atoms with Gasteiger partial charge in [0.15, 0.2) is 5.82 Å². The lowest BCUT2D eigenvalue weighted by atomic mass is 9.91. The second kappa shape index (κ2) is 12.3. The third-order valence-corrected chi connectivity index (χ3v) is 9.93. The van der Waals surface area contributed by atoms with Crippen molar-refractivity contribution in [2.24, 2.45) is 0 Å². The SMILES string of the molecule is CCc1cc(C)ncc1-c1cc(C2=CCCN(C(=O)CCc3nccs3)C2)c(F)c2[nH]c(C(=O)N3Cc4cnn(CC)c4C3)cc12. The van der Waals surface area contributed by atoms with E-state index >= 15 is 4.39 Å². The van der Waals surface area contributed by atoms with Crippen molar-refractivity contribution >= 4 is 39.6 Å². The Bertz CT molecular complexity index is 1990. The van der Waals surface area contributed by atoms with Gasteiger partial charge in [0.05, 0.1) is 29.0 Å². The molecule has 0 aliphatic carbocycles. The van der Waals surface area contributed by atoms with Crippen molar-refractivity contribution < 1.29 is 14.0 Å². The quantitative estimate of drug-likeness (QED) is 0.215. The van der Waals surface area contributed by atoms with E-state index in [0.717, 1.165) is 57.2 Å². The van der Waals surface area contributed by atoms with Crippen LogP contribution in [0.25, 0.3) is 27.6 Å². The van der Waals surface area contributed by atoms with Crippen LogP contribution in [-0.4, -0.2) is 59.4 Å². The van der Waals surface area contributed by atoms with Gasteiger partial charge in [0.1, 0.15) is 5.69 Å². The summed E-state index contributed by atoms with van der Waals surface area (Å²) in [4.78, 5) is 42.7. The fourth-order valence-corrected chi connectivity index (χ4v) is 7.30. The van der Waals surface area contributed by atoms with Gasteiger partial charge in [0.25, 0.3) is 5.91 Å². The minimum atomic E-state index is -0.425. The van der Waals surface area contributed by atoms with E-state index in [4.69, 9.17) is 0 Å². The Kier molecular flexibility index (Phi) is 8.02. The van der Waals surface area contributed by atoms with E-state index in [1.807, 2.05) is 53.3 Å². The minimum Gasteiger partial charge on any atom is -0.348 e. The number of aryl methyl sites for hydroxylation is 4. The molecule has 4 aromatic heterocycles. The molecule has 0 saturated carbocycles. The number of thiazole rings is 1. The number of rotatable bonds is 8. The number of aromatic nitrogens is 5. The lowest BCUT2D eigenvalue weighted by molar-refractivity contribution is -0.130. The number of carbonyl (C=O) groups is 2. The summed E-state index contributed by atoms with van der Waals surface area (Å²) >= 11 is 1.54. The van der Waals surface area contributed by atoms with Gasteiger partial charge in [-0.25, -0.2) is 9.37 Å². The van der Waals surface area contributed by atoms with Crippen LogP contribution in [0.15, 0.2) is 48.2 Å². The number of nitrogens with one attached hydrogen (secondary N) is 1. The molecular weight excluding hydrogens is 601 g/mol. The maximum Gasteiger partial charge on any atom is 0.270 e. The summed E-state index contributed by atoms with van der Waals surface area (Å²) in [5.41, 5.74) is 7.59. The smallest absolute Gasteiger partial charge is 0.270 e. The number of benzene rings is 1. The summed E-state index contributed by atoms with van der Waals surface area (Å²) in [6.07, 6.45) is 9.80. The van der Waals surface area contributed by atoms with Crippen molar-refractivity contribution in [1.29, 1.82) is 0 Å². The van der Waals surface area contributed by atoms with Crippen LogP contribution in [0, 0.1) is 12.7 Å². The molecule has 46 heavy (non-hydrogen) atoms. The van der Waals surface area contributed by atoms with Crippen molar-refractivity contribution in [1.82, 2.24) is 34.5 Å². The molecule has 0 saturated heterocycles. The average Bonchev–Trinajstić information content (AvgIpc) is 3.88. The van der Waals surface area contributed by atoms with E-state index in [9.17, 15) is 9.59 Å². The van der Waals surface area contributed by atoms with Gasteiger partial charge in [-0.2, -0.15) is 5.10 Å². The fourth-order valence-electron chi connectivity index (χ4n) is 6.68. The third kappa shape index (κ3) is 5.42. The van der Waals surface area contributed by atoms with Crippen molar-refractivity contribution in [3.05, 3.63) is 92.8 Å². The highest BCUT2D eigenvalue weighted by Gasteiger charge is 2.30. The highest BCUT2D eigenvalue weighted by Crippen LogP contribution is 2.38. The highest BCUT2D eigenvalue weighted by atomic mass is 32.1. The average molecular weight is 638 g/mol. The molecule has 0 spiro atoms. The molecule has 236 valence electrons. The molecule has 0 fully saturated rings. The van der Waals surface area contributed by atoms with E-state index in [0.29, 0.717) is 62.1 Å². The molecule has 0 unspecified atom stereocenters. The Hall–Kier alpha value is -4.64. The topological polar surface area (TPSA) is 100 Å². The Balaban J connectivity index is 1.26. The number of H-pyrrole nitrogens is 1. The largest absolute Gasteiger partial charge is 0.348 e. The molecule has 6 heterocycles. The Morgan fingerprint density at radius 3 is 2.67 bits per heavy atom. The third-order valence-electron chi connectivity index (χ3n) is 9.09. The zero-order chi connectivity index (χ0) is 31.9. The van der Waals surface area contributed by atoms with E-state index in [-0.39, 0.29) is 17.3 Å². The number of nitrogens with zero attached hydrogens (tertiary/aromatic N) is 6. The maximum absolute atomic E-state index is 16.6. The first kappa shape index (κ1) is 30.0. The Labute approximate surface area is 270 Å². The number of hydrogen-bond acceptors (Lipinski definition) is 6. The van der Waals surface area contributed by atoms with Crippen LogP contribution in [0.3, 0.4) is 0 Å². The van der Waals surface area contributed by atoms with Gasteiger partial charge in [-0.05, 0) is 61.6 Å². The molecule has 1 N–H and O–H groups in total. The molecule has 0 bridgehead atoms. The normalized spacial score (nSPS) is 14.7. The Morgan fingerprint density at radius 1 is 1.02 bits per heavy atom. The molecule has 7 rings (SSSR count). The maximum atomic E-state index is 16.6. The first-order chi connectivity index (χ1) is 22.3. The van der Waals surface area contributed by atoms with Crippen LogP contribution in [0.2, 0.25) is 0 Å². The molecular formula is C35H36FN7O2S. The van der Waals surface area contributed by atoms with Crippen LogP contribution in [0.4, 0.5) is 4.39 Å². The van der Waals surface area contributed by atoms with E-state index in [1.54, 1.807) is 28.5 Å². The predicted molar refractivity (Wildman–Crippen MR) is 177 cm³/mol. The van der Waals surface area contributed by atoms with Crippen molar-refractivity contribution in [3.8, 4) is 11.1 Å². The summed E-state index contributed by atoms with van der Waals surface area (Å²) in [6, 6.07) is 5.71. The summed E-state index contributed by atoms with van der Waals surface area (Å²) in [6.45, 7) is 8.64. The van der Waals surface area contributed by atoms with Crippen LogP contribution >= 0.6 is 11.3 Å². The van der Waals surface area contributed by atoms with E-state index in [1.165, 1.54) is 0 Å². The first-order valence-corrected chi connectivity index (χ1v) is 16.7. The van der Waals surface area contributed by atoms with E-state index < -0.39 is 5.82 Å². The highest BCUT2D eigenvalue weighted by molar-refractivity contribution is 7.09. The van der Waals surface area contributed by atoms with Gasteiger partial charge in [-0.1, -0.05) is 13.0 Å². The predicted octanol–water partition coefficient (Wildman–Crippen LogP) is 6.32. The number of carbonyl (C=O) groups excluding carboxylic acids is 2. The molecule has 2 aliphatic heterocycles. The number of aromatic amines is 1. The minimum absolute atomic E-state index is 0.0315. The van der Waals surface area contributed by atoms with Gasteiger partial charge in [-0.15, -0.1) is 11.3 Å². The van der Waals surface area contributed by atoms with Crippen LogP contribution in [0.5, 0.6) is 0 Å². The van der Waals surface area contributed by atoms with Gasteiger partial charge in [-0.3, -0.25) is 19.3 Å². The molecule has 0 radical (unpaired) electrons. The monoisotopic (exact) mass is 637 g/mol. The summed E-state index contributed by atoms with van der Waals surface area (Å²) < 4.78 is 18.6. The molecule has 2 aliphatic rings. The van der Waals surface area contributed by atoms with Crippen LogP contribution in [-0.2, 0) is 37.3 Å². The summed E-state index contributed by atoms with van der Waals surface area (Å²) in [5, 5.41) is 7.89. The molecule has 1 aromatic carbocycles. The van der Waals surface area contributed by atoms with Crippen molar-refractivity contribution in [3.63, 3.8) is 0 Å². The standard InChI is InChI=1S/C35H36FN7O2S/c1-4-22-13-21(3)38-17-28(22)26-14-25(23-7-6-11-41(18-23)32(44)9-8-31-37-10-12-46-31)33(36)34-27(26)15-29(40-34)35(45)42-19-24-16-39-43(5-2)30(24)20-42/h7,10,12-17,40H,4-6,8-9,11,18-20H2,1-3H3. The lowest BCUT2D eigenvalue weighted by Gasteiger charge is -2.28. The second-order valence-electron chi connectivity index (χ2n) is 11.9. The number of amides is 2. The summed E-state index contributed by atoms with van der Waals surface area (Å²) in [7, 11) is 0. The lowest BCUT2D eigenvalue weighted by Crippen LogP contribution is -2.35. The number of fused-ring (bicyclic) bond motifs is 2. The van der Waals surface area contributed by atoms with Gasteiger partial charge < -0.3 is 14.8 Å². The zero-order valence-corrected chi connectivity index (χ0v) is 27.1. The Morgan fingerprint density at radius 2 is 1.89 bits per heavy atom. The summed E-state index contributed by atoms with van der Waals surface area (Å²) in [5.74, 6) is -0.580. The van der Waals surface area contributed by atoms with Crippen LogP contribution in [0.1, 0.15) is 70.3 Å². The molecule has 2 amide bonds. The van der Waals surface area contributed by atoms with Crippen LogP contribution < -0.4 is 0 Å². The molecule has 11 heteroatoms. The molecule has 5 aromatic rings. The second-order valence-corrected chi connectivity index (χ2v) is 12.9. The number of hydrogen-bond donors (Lipinski definition) is 1. The fraction of sp³-hybridized carbons (Fsp3) is 0.343. The van der Waals surface area contributed by atoms with E-state index in [2.05, 4.69) is 33.0 Å². The van der Waals surface area contributed by atoms with Crippen molar-refractivity contribution in [2.45, 2.75) is 66.1 Å². The van der Waals surface area contributed by atoms with Gasteiger partial charge >= 0.3 is 0 Å². The zero-order valence-electron chi connectivity index (χ0n) is 26.3. The molecule has 9 nitrogen and oxygen atoms in total. The number of halogens is 1. The van der Waals surface area contributed by atoms with Crippen molar-refractivity contribution in [2.75, 3.05) is 13.1 Å². The van der Waals surface area contributed by atoms with Gasteiger partial charge in [0, 0.05) is 84.6 Å². The first-order valence-electron chi connectivity index (χ1n) is 15.8. The number of pyridine rings is 1. The molecule has 0 atom stereocenters.